The zero-order valence-electron chi connectivity index (χ0n) is 8.51. The molecule has 0 aromatic rings. The van der Waals surface area contributed by atoms with E-state index in [-0.39, 0.29) is 29.6 Å². The first-order valence-corrected chi connectivity index (χ1v) is 5.40. The van der Waals surface area contributed by atoms with Crippen LogP contribution in [0.5, 0.6) is 0 Å². The second-order valence-corrected chi connectivity index (χ2v) is 4.69. The van der Waals surface area contributed by atoms with Crippen LogP contribution in [0.25, 0.3) is 0 Å². The van der Waals surface area contributed by atoms with Crippen LogP contribution in [0.1, 0.15) is 6.92 Å². The van der Waals surface area contributed by atoms with Gasteiger partial charge in [0.15, 0.2) is 0 Å². The molecule has 5 atom stereocenters. The summed E-state index contributed by atoms with van der Waals surface area (Å²) in [6.07, 6.45) is 8.25. The van der Waals surface area contributed by atoms with E-state index in [4.69, 9.17) is 0 Å². The van der Waals surface area contributed by atoms with Gasteiger partial charge in [0.05, 0.1) is 11.8 Å². The Balaban J connectivity index is 1.89. The van der Waals surface area contributed by atoms with Gasteiger partial charge in [0.1, 0.15) is 0 Å². The Morgan fingerprint density at radius 1 is 1.00 bits per heavy atom. The molecule has 3 rings (SSSR count). The molecule has 2 amide bonds. The van der Waals surface area contributed by atoms with Crippen LogP contribution in [0.15, 0.2) is 24.3 Å². The van der Waals surface area contributed by atoms with Crippen molar-refractivity contribution in [2.45, 2.75) is 6.92 Å². The van der Waals surface area contributed by atoms with Gasteiger partial charge in [-0.05, 0) is 17.8 Å². The average Bonchev–Trinajstić information content (AvgIpc) is 2.69. The lowest BCUT2D eigenvalue weighted by Crippen LogP contribution is -2.33. The van der Waals surface area contributed by atoms with Crippen molar-refractivity contribution in [3.8, 4) is 0 Å². The second-order valence-electron chi connectivity index (χ2n) is 4.69. The summed E-state index contributed by atoms with van der Waals surface area (Å²) in [5.41, 5.74) is 0. The summed E-state index contributed by atoms with van der Waals surface area (Å²) in [6, 6.07) is 0. The number of fused-ring (bicyclic) bond motifs is 1. The predicted molar refractivity (Wildman–Crippen MR) is 54.6 cm³/mol. The Labute approximate surface area is 88.2 Å². The van der Waals surface area contributed by atoms with Gasteiger partial charge in [-0.1, -0.05) is 31.2 Å². The molecular weight excluding hydrogens is 190 g/mol. The number of nitrogens with one attached hydrogen (secondary N) is 1. The molecule has 15 heavy (non-hydrogen) atoms. The van der Waals surface area contributed by atoms with Crippen molar-refractivity contribution in [2.75, 3.05) is 0 Å². The molecule has 0 aromatic carbocycles. The van der Waals surface area contributed by atoms with Gasteiger partial charge in [-0.2, -0.15) is 0 Å². The van der Waals surface area contributed by atoms with Gasteiger partial charge in [-0.25, -0.2) is 0 Å². The van der Waals surface area contributed by atoms with Gasteiger partial charge in [0.2, 0.25) is 11.8 Å². The van der Waals surface area contributed by atoms with E-state index in [1.54, 1.807) is 0 Å². The van der Waals surface area contributed by atoms with E-state index >= 15 is 0 Å². The smallest absolute Gasteiger partial charge is 0.234 e. The molecule has 0 spiro atoms. The first-order chi connectivity index (χ1) is 7.18. The van der Waals surface area contributed by atoms with E-state index in [2.05, 4.69) is 30.5 Å². The minimum absolute atomic E-state index is 0.0903. The summed E-state index contributed by atoms with van der Waals surface area (Å²) in [5, 5.41) is 2.41. The van der Waals surface area contributed by atoms with Crippen molar-refractivity contribution in [3.63, 3.8) is 0 Å². The number of hydrogen-bond acceptors (Lipinski definition) is 2. The van der Waals surface area contributed by atoms with Gasteiger partial charge in [0, 0.05) is 0 Å². The van der Waals surface area contributed by atoms with Crippen molar-refractivity contribution in [1.82, 2.24) is 5.32 Å². The minimum Gasteiger partial charge on any atom is -0.296 e. The largest absolute Gasteiger partial charge is 0.296 e. The van der Waals surface area contributed by atoms with E-state index in [9.17, 15) is 9.59 Å². The van der Waals surface area contributed by atoms with E-state index in [1.807, 2.05) is 6.08 Å². The number of imide groups is 1. The molecule has 3 nitrogen and oxygen atoms in total. The second kappa shape index (κ2) is 2.81. The lowest BCUT2D eigenvalue weighted by atomic mass is 9.70. The molecule has 1 aliphatic heterocycles. The third-order valence-corrected chi connectivity index (χ3v) is 3.88. The number of hydrogen-bond donors (Lipinski definition) is 1. The Morgan fingerprint density at radius 3 is 2.33 bits per heavy atom. The number of rotatable bonds is 1. The summed E-state index contributed by atoms with van der Waals surface area (Å²) < 4.78 is 0. The summed E-state index contributed by atoms with van der Waals surface area (Å²) >= 11 is 0. The Morgan fingerprint density at radius 2 is 1.73 bits per heavy atom. The molecule has 0 radical (unpaired) electrons. The van der Waals surface area contributed by atoms with E-state index in [1.165, 1.54) is 0 Å². The lowest BCUT2D eigenvalue weighted by Gasteiger charge is -2.33. The molecule has 78 valence electrons. The van der Waals surface area contributed by atoms with Crippen LogP contribution in [-0.2, 0) is 9.59 Å². The van der Waals surface area contributed by atoms with Crippen LogP contribution < -0.4 is 5.32 Å². The molecule has 1 fully saturated rings. The zero-order valence-corrected chi connectivity index (χ0v) is 8.51. The average molecular weight is 203 g/mol. The Kier molecular flexibility index (Phi) is 1.67. The van der Waals surface area contributed by atoms with Crippen LogP contribution in [0.3, 0.4) is 0 Å². The van der Waals surface area contributed by atoms with Crippen molar-refractivity contribution < 1.29 is 9.59 Å². The quantitative estimate of drug-likeness (QED) is 0.508. The zero-order chi connectivity index (χ0) is 10.6. The van der Waals surface area contributed by atoms with Crippen molar-refractivity contribution >= 4 is 11.8 Å². The monoisotopic (exact) mass is 203 g/mol. The topological polar surface area (TPSA) is 46.2 Å². The van der Waals surface area contributed by atoms with Gasteiger partial charge in [0.25, 0.3) is 0 Å². The van der Waals surface area contributed by atoms with Crippen LogP contribution in [0, 0.1) is 29.6 Å². The van der Waals surface area contributed by atoms with E-state index < -0.39 is 0 Å². The molecule has 0 bridgehead atoms. The van der Waals surface area contributed by atoms with Crippen molar-refractivity contribution in [2.24, 2.45) is 29.6 Å². The van der Waals surface area contributed by atoms with Crippen molar-refractivity contribution in [3.05, 3.63) is 24.3 Å². The van der Waals surface area contributed by atoms with Gasteiger partial charge in [-0.15, -0.1) is 0 Å². The fraction of sp³-hybridized carbons (Fsp3) is 0.500. The standard InChI is InChI=1S/C12H13NO2/c1-6-2-3-7(6)8-4-5-9-10(8)12(15)13-11(9)14/h2-10H,1H3,(H,13,14,15)/t6-,7+,8?,9-,10+/m1/s1. The van der Waals surface area contributed by atoms with Crippen LogP contribution in [-0.4, -0.2) is 11.8 Å². The fourth-order valence-electron chi connectivity index (χ4n) is 2.91. The molecule has 1 saturated heterocycles. The molecule has 1 heterocycles. The van der Waals surface area contributed by atoms with Gasteiger partial charge in [-0.3, -0.25) is 14.9 Å². The predicted octanol–water partition coefficient (Wildman–Crippen LogP) is 0.883. The molecule has 2 aliphatic carbocycles. The lowest BCUT2D eigenvalue weighted by molar-refractivity contribution is -0.126. The highest BCUT2D eigenvalue weighted by Gasteiger charge is 2.50. The fourth-order valence-corrected chi connectivity index (χ4v) is 2.91. The maximum absolute atomic E-state index is 11.6. The third kappa shape index (κ3) is 1.06. The third-order valence-electron chi connectivity index (χ3n) is 3.88. The number of carbonyl (C=O) groups excluding carboxylic acids is 2. The Hall–Kier alpha value is -1.38. The molecule has 3 heteroatoms. The van der Waals surface area contributed by atoms with Crippen LogP contribution in [0.2, 0.25) is 0 Å². The number of amides is 2. The summed E-state index contributed by atoms with van der Waals surface area (Å²) in [7, 11) is 0. The number of carbonyl (C=O) groups is 2. The maximum Gasteiger partial charge on any atom is 0.234 e. The highest BCUT2D eigenvalue weighted by atomic mass is 16.2. The number of allylic oxidation sites excluding steroid dienone is 3. The van der Waals surface area contributed by atoms with Crippen molar-refractivity contribution in [1.29, 1.82) is 0 Å². The molecule has 1 unspecified atom stereocenters. The molecule has 3 aliphatic rings. The highest BCUT2D eigenvalue weighted by Crippen LogP contribution is 2.45. The molecular formula is C12H13NO2. The van der Waals surface area contributed by atoms with Gasteiger partial charge >= 0.3 is 0 Å². The van der Waals surface area contributed by atoms with Crippen LogP contribution >= 0.6 is 0 Å². The van der Waals surface area contributed by atoms with Gasteiger partial charge < -0.3 is 0 Å². The first-order valence-electron chi connectivity index (χ1n) is 5.40. The Bertz CT molecular complexity index is 396. The normalized spacial score (nSPS) is 46.6. The summed E-state index contributed by atoms with van der Waals surface area (Å²) in [6.45, 7) is 2.15. The SMILES string of the molecule is C[C@@H]1C=C[C@@H]1C1C=C[C@H]2C(=O)NC(=O)[C@@H]12. The summed E-state index contributed by atoms with van der Waals surface area (Å²) in [5.74, 6) is 0.627. The maximum atomic E-state index is 11.6. The molecule has 1 N–H and O–H groups in total. The molecule has 0 aromatic heterocycles. The minimum atomic E-state index is -0.205. The van der Waals surface area contributed by atoms with E-state index in [0.29, 0.717) is 11.8 Å². The first kappa shape index (κ1) is 8.89. The molecule has 0 saturated carbocycles. The summed E-state index contributed by atoms with van der Waals surface area (Å²) in [4.78, 5) is 23.1. The highest BCUT2D eigenvalue weighted by molar-refractivity contribution is 6.06. The van der Waals surface area contributed by atoms with Crippen LogP contribution in [0.4, 0.5) is 0 Å². The van der Waals surface area contributed by atoms with E-state index in [0.717, 1.165) is 0 Å².